The number of hydrogen-bond acceptors (Lipinski definition) is 4. The minimum absolute atomic E-state index is 0.00122. The zero-order valence-electron chi connectivity index (χ0n) is 10.9. The molecule has 1 N–H and O–H groups in total. The summed E-state index contributed by atoms with van der Waals surface area (Å²) in [7, 11) is 1.76. The minimum atomic E-state index is 0.00122. The number of para-hydroxylation sites is 1. The molecule has 2 rings (SSSR count). The van der Waals surface area contributed by atoms with Crippen molar-refractivity contribution in [1.82, 2.24) is 14.9 Å². The van der Waals surface area contributed by atoms with E-state index >= 15 is 0 Å². The highest BCUT2D eigenvalue weighted by molar-refractivity contribution is 6.28. The standard InChI is InChI=1S/C13H15ClN4O/c1-3-18(2)11(19)8-15-12-9-6-4-5-7-10(9)16-13(14)17-12/h4-7H,3,8H2,1-2H3,(H,15,16,17). The van der Waals surface area contributed by atoms with E-state index in [1.165, 1.54) is 0 Å². The van der Waals surface area contributed by atoms with E-state index in [9.17, 15) is 4.79 Å². The van der Waals surface area contributed by atoms with E-state index in [0.29, 0.717) is 12.4 Å². The highest BCUT2D eigenvalue weighted by Gasteiger charge is 2.09. The highest BCUT2D eigenvalue weighted by Crippen LogP contribution is 2.21. The van der Waals surface area contributed by atoms with Crippen molar-refractivity contribution in [2.75, 3.05) is 25.5 Å². The molecule has 0 unspecified atom stereocenters. The maximum Gasteiger partial charge on any atom is 0.241 e. The Hall–Kier alpha value is -1.88. The zero-order valence-corrected chi connectivity index (χ0v) is 11.6. The van der Waals surface area contributed by atoms with Crippen LogP contribution in [0.1, 0.15) is 6.92 Å². The second-order valence-corrected chi connectivity index (χ2v) is 4.46. The number of aromatic nitrogens is 2. The molecule has 1 aromatic carbocycles. The summed E-state index contributed by atoms with van der Waals surface area (Å²) in [6.45, 7) is 2.78. The molecular weight excluding hydrogens is 264 g/mol. The van der Waals surface area contributed by atoms with E-state index in [0.717, 1.165) is 10.9 Å². The van der Waals surface area contributed by atoms with Crippen LogP contribution in [-0.2, 0) is 4.79 Å². The molecule has 0 bridgehead atoms. The Labute approximate surface area is 116 Å². The van der Waals surface area contributed by atoms with Crippen molar-refractivity contribution < 1.29 is 4.79 Å². The summed E-state index contributed by atoms with van der Waals surface area (Å²) >= 11 is 5.87. The molecule has 1 amide bonds. The third kappa shape index (κ3) is 3.12. The summed E-state index contributed by atoms with van der Waals surface area (Å²) < 4.78 is 0. The van der Waals surface area contributed by atoms with Crippen LogP contribution < -0.4 is 5.32 Å². The van der Waals surface area contributed by atoms with E-state index in [2.05, 4.69) is 15.3 Å². The van der Waals surface area contributed by atoms with Crippen LogP contribution in [0.4, 0.5) is 5.82 Å². The van der Waals surface area contributed by atoms with Crippen molar-refractivity contribution in [3.05, 3.63) is 29.5 Å². The third-order valence-corrected chi connectivity index (χ3v) is 3.05. The summed E-state index contributed by atoms with van der Waals surface area (Å²) in [4.78, 5) is 21.7. The number of halogens is 1. The molecule has 1 aromatic heterocycles. The Bertz CT molecular complexity index is 602. The van der Waals surface area contributed by atoms with Gasteiger partial charge in [0.25, 0.3) is 0 Å². The van der Waals surface area contributed by atoms with Crippen LogP contribution in [0.15, 0.2) is 24.3 Å². The van der Waals surface area contributed by atoms with Crippen molar-refractivity contribution in [2.45, 2.75) is 6.92 Å². The Morgan fingerprint density at radius 1 is 1.37 bits per heavy atom. The SMILES string of the molecule is CCN(C)C(=O)CNc1nc(Cl)nc2ccccc12. The van der Waals surface area contributed by atoms with Gasteiger partial charge in [0.2, 0.25) is 11.2 Å². The van der Waals surface area contributed by atoms with Gasteiger partial charge in [-0.2, -0.15) is 0 Å². The molecule has 0 fully saturated rings. The van der Waals surface area contributed by atoms with Crippen molar-refractivity contribution in [2.24, 2.45) is 0 Å². The third-order valence-electron chi connectivity index (χ3n) is 2.88. The number of carbonyl (C=O) groups is 1. The van der Waals surface area contributed by atoms with Gasteiger partial charge in [0.15, 0.2) is 0 Å². The fourth-order valence-electron chi connectivity index (χ4n) is 1.65. The first-order valence-electron chi connectivity index (χ1n) is 6.02. The second-order valence-electron chi connectivity index (χ2n) is 4.12. The van der Waals surface area contributed by atoms with Crippen LogP contribution in [0.3, 0.4) is 0 Å². The molecule has 0 saturated carbocycles. The van der Waals surface area contributed by atoms with Crippen LogP contribution in [0.2, 0.25) is 5.28 Å². The van der Waals surface area contributed by atoms with Crippen LogP contribution in [0, 0.1) is 0 Å². The normalized spacial score (nSPS) is 10.5. The molecule has 0 saturated heterocycles. The summed E-state index contributed by atoms with van der Waals surface area (Å²) in [5, 5.41) is 4.03. The van der Waals surface area contributed by atoms with E-state index in [4.69, 9.17) is 11.6 Å². The smallest absolute Gasteiger partial charge is 0.241 e. The van der Waals surface area contributed by atoms with Gasteiger partial charge < -0.3 is 10.2 Å². The summed E-state index contributed by atoms with van der Waals surface area (Å²) in [5.41, 5.74) is 0.751. The maximum atomic E-state index is 11.8. The fourth-order valence-corrected chi connectivity index (χ4v) is 1.83. The van der Waals surface area contributed by atoms with E-state index in [1.807, 2.05) is 31.2 Å². The molecule has 0 spiro atoms. The molecule has 19 heavy (non-hydrogen) atoms. The molecule has 2 aromatic rings. The van der Waals surface area contributed by atoms with E-state index in [1.54, 1.807) is 11.9 Å². The van der Waals surface area contributed by atoms with Crippen LogP contribution in [0.5, 0.6) is 0 Å². The van der Waals surface area contributed by atoms with Crippen molar-refractivity contribution >= 4 is 34.2 Å². The Kier molecular flexibility index (Phi) is 4.16. The molecule has 0 atom stereocenters. The van der Waals surface area contributed by atoms with Gasteiger partial charge >= 0.3 is 0 Å². The first-order chi connectivity index (χ1) is 9.11. The van der Waals surface area contributed by atoms with Gasteiger partial charge in [-0.1, -0.05) is 12.1 Å². The minimum Gasteiger partial charge on any atom is -0.360 e. The van der Waals surface area contributed by atoms with E-state index < -0.39 is 0 Å². The lowest BCUT2D eigenvalue weighted by Crippen LogP contribution is -2.32. The van der Waals surface area contributed by atoms with Crippen LogP contribution in [-0.4, -0.2) is 40.9 Å². The molecule has 0 aliphatic heterocycles. The average molecular weight is 279 g/mol. The number of anilines is 1. The molecule has 0 aliphatic rings. The van der Waals surface area contributed by atoms with Gasteiger partial charge in [-0.15, -0.1) is 0 Å². The van der Waals surface area contributed by atoms with Gasteiger partial charge in [-0.3, -0.25) is 4.79 Å². The van der Waals surface area contributed by atoms with Crippen molar-refractivity contribution in [1.29, 1.82) is 0 Å². The monoisotopic (exact) mass is 278 g/mol. The molecule has 1 heterocycles. The summed E-state index contributed by atoms with van der Waals surface area (Å²) in [6, 6.07) is 7.52. The lowest BCUT2D eigenvalue weighted by Gasteiger charge is -2.15. The molecular formula is C13H15ClN4O. The predicted molar refractivity (Wildman–Crippen MR) is 76.3 cm³/mol. The van der Waals surface area contributed by atoms with Crippen LogP contribution in [0.25, 0.3) is 10.9 Å². The van der Waals surface area contributed by atoms with Crippen molar-refractivity contribution in [3.8, 4) is 0 Å². The summed E-state index contributed by atoms with van der Waals surface area (Å²) in [6.07, 6.45) is 0. The van der Waals surface area contributed by atoms with Gasteiger partial charge in [0.1, 0.15) is 5.82 Å². The Morgan fingerprint density at radius 2 is 2.11 bits per heavy atom. The van der Waals surface area contributed by atoms with E-state index in [-0.39, 0.29) is 17.7 Å². The number of rotatable bonds is 4. The number of likely N-dealkylation sites (N-methyl/N-ethyl adjacent to an activating group) is 1. The number of nitrogens with one attached hydrogen (secondary N) is 1. The zero-order chi connectivity index (χ0) is 13.8. The highest BCUT2D eigenvalue weighted by atomic mass is 35.5. The van der Waals surface area contributed by atoms with Crippen LogP contribution >= 0.6 is 11.6 Å². The largest absolute Gasteiger partial charge is 0.360 e. The lowest BCUT2D eigenvalue weighted by molar-refractivity contribution is -0.127. The molecule has 100 valence electrons. The first-order valence-corrected chi connectivity index (χ1v) is 6.39. The second kappa shape index (κ2) is 5.84. The number of hydrogen-bond donors (Lipinski definition) is 1. The first kappa shape index (κ1) is 13.5. The quantitative estimate of drug-likeness (QED) is 0.871. The topological polar surface area (TPSA) is 58.1 Å². The van der Waals surface area contributed by atoms with Gasteiger partial charge in [0.05, 0.1) is 12.1 Å². The molecule has 5 nitrogen and oxygen atoms in total. The summed E-state index contributed by atoms with van der Waals surface area (Å²) in [5.74, 6) is 0.578. The van der Waals surface area contributed by atoms with Gasteiger partial charge in [-0.25, -0.2) is 9.97 Å². The number of carbonyl (C=O) groups excluding carboxylic acids is 1. The number of benzene rings is 1. The maximum absolute atomic E-state index is 11.8. The number of fused-ring (bicyclic) bond motifs is 1. The molecule has 6 heteroatoms. The number of nitrogens with zero attached hydrogens (tertiary/aromatic N) is 3. The molecule has 0 aliphatic carbocycles. The van der Waals surface area contributed by atoms with Crippen molar-refractivity contribution in [3.63, 3.8) is 0 Å². The fraction of sp³-hybridized carbons (Fsp3) is 0.308. The number of amides is 1. The molecule has 0 radical (unpaired) electrons. The van der Waals surface area contributed by atoms with Gasteiger partial charge in [0, 0.05) is 19.0 Å². The predicted octanol–water partition coefficient (Wildman–Crippen LogP) is 2.17. The van der Waals surface area contributed by atoms with Gasteiger partial charge in [-0.05, 0) is 30.7 Å². The Balaban J connectivity index is 2.23. The lowest BCUT2D eigenvalue weighted by atomic mass is 10.2. The Morgan fingerprint density at radius 3 is 2.84 bits per heavy atom. The average Bonchev–Trinajstić information content (AvgIpc) is 2.43.